The summed E-state index contributed by atoms with van der Waals surface area (Å²) in [5.74, 6) is 1.55. The Morgan fingerprint density at radius 3 is 3.06 bits per heavy atom. The van der Waals surface area contributed by atoms with Gasteiger partial charge in [-0.3, -0.25) is 5.41 Å². The summed E-state index contributed by atoms with van der Waals surface area (Å²) >= 11 is 0. The third kappa shape index (κ3) is 2.79. The van der Waals surface area contributed by atoms with E-state index in [1.54, 1.807) is 6.20 Å². The van der Waals surface area contributed by atoms with E-state index in [4.69, 9.17) is 11.1 Å². The lowest BCUT2D eigenvalue weighted by Gasteiger charge is -2.23. The molecule has 1 atom stereocenters. The largest absolute Gasteiger partial charge is 0.384 e. The van der Waals surface area contributed by atoms with Crippen LogP contribution < -0.4 is 10.6 Å². The molecule has 1 unspecified atom stereocenters. The maximum atomic E-state index is 7.59. The molecule has 0 bridgehead atoms. The Morgan fingerprint density at radius 1 is 1.67 bits per heavy atom. The molecule has 98 valence electrons. The van der Waals surface area contributed by atoms with Crippen molar-refractivity contribution in [2.45, 2.75) is 6.42 Å². The van der Waals surface area contributed by atoms with Gasteiger partial charge < -0.3 is 15.5 Å². The molecule has 1 aliphatic rings. The van der Waals surface area contributed by atoms with E-state index in [1.807, 2.05) is 19.2 Å². The summed E-state index contributed by atoms with van der Waals surface area (Å²) in [4.78, 5) is 8.81. The van der Waals surface area contributed by atoms with Crippen molar-refractivity contribution >= 4 is 11.7 Å². The van der Waals surface area contributed by atoms with Crippen LogP contribution in [0.15, 0.2) is 18.3 Å². The van der Waals surface area contributed by atoms with E-state index < -0.39 is 0 Å². The molecular weight excluding hydrogens is 226 g/mol. The number of hydrogen-bond donors (Lipinski definition) is 2. The Hall–Kier alpha value is -1.62. The third-order valence-corrected chi connectivity index (χ3v) is 3.46. The molecule has 18 heavy (non-hydrogen) atoms. The van der Waals surface area contributed by atoms with Crippen molar-refractivity contribution in [2.75, 3.05) is 38.6 Å². The molecule has 3 N–H and O–H groups in total. The molecule has 5 heteroatoms. The highest BCUT2D eigenvalue weighted by atomic mass is 15.2. The van der Waals surface area contributed by atoms with Crippen LogP contribution in [0.5, 0.6) is 0 Å². The molecule has 1 aromatic rings. The highest BCUT2D eigenvalue weighted by Crippen LogP contribution is 2.20. The van der Waals surface area contributed by atoms with Gasteiger partial charge in [-0.15, -0.1) is 0 Å². The van der Waals surface area contributed by atoms with Crippen molar-refractivity contribution in [1.82, 2.24) is 9.88 Å². The van der Waals surface area contributed by atoms with Gasteiger partial charge in [-0.25, -0.2) is 4.98 Å². The van der Waals surface area contributed by atoms with Crippen molar-refractivity contribution in [1.29, 1.82) is 5.41 Å². The van der Waals surface area contributed by atoms with Gasteiger partial charge >= 0.3 is 0 Å². The number of nitrogens with zero attached hydrogens (tertiary/aromatic N) is 3. The van der Waals surface area contributed by atoms with Crippen molar-refractivity contribution in [3.05, 3.63) is 23.9 Å². The predicted octanol–water partition coefficient (Wildman–Crippen LogP) is 0.754. The van der Waals surface area contributed by atoms with E-state index in [1.165, 1.54) is 13.0 Å². The van der Waals surface area contributed by atoms with Gasteiger partial charge in [0.15, 0.2) is 0 Å². The van der Waals surface area contributed by atoms with Crippen LogP contribution in [0.1, 0.15) is 12.0 Å². The van der Waals surface area contributed by atoms with Gasteiger partial charge in [0.2, 0.25) is 0 Å². The summed E-state index contributed by atoms with van der Waals surface area (Å²) in [5.41, 5.74) is 6.31. The van der Waals surface area contributed by atoms with Crippen LogP contribution >= 0.6 is 0 Å². The molecule has 2 heterocycles. The number of anilines is 1. The number of aromatic nitrogens is 1. The van der Waals surface area contributed by atoms with E-state index in [0.29, 0.717) is 11.5 Å². The number of pyridine rings is 1. The topological polar surface area (TPSA) is 69.2 Å². The lowest BCUT2D eigenvalue weighted by molar-refractivity contribution is 0.395. The first kappa shape index (κ1) is 12.8. The Kier molecular flexibility index (Phi) is 3.81. The van der Waals surface area contributed by atoms with Crippen LogP contribution in [0.2, 0.25) is 0 Å². The fraction of sp³-hybridized carbons (Fsp3) is 0.538. The summed E-state index contributed by atoms with van der Waals surface area (Å²) in [5, 5.41) is 7.59. The van der Waals surface area contributed by atoms with Crippen LogP contribution in [-0.4, -0.2) is 49.4 Å². The second kappa shape index (κ2) is 5.35. The molecule has 0 saturated carbocycles. The van der Waals surface area contributed by atoms with Crippen LogP contribution in [0, 0.1) is 11.3 Å². The molecule has 0 radical (unpaired) electrons. The standard InChI is InChI=1S/C13H21N5/c1-17-7-5-10(8-17)9-18(2)13-11(12(14)15)4-3-6-16-13/h3-4,6,10H,5,7-9H2,1-2H3,(H3,14,15). The first-order valence-electron chi connectivity index (χ1n) is 6.27. The minimum atomic E-state index is 0.0773. The normalized spacial score (nSPS) is 20.0. The maximum absolute atomic E-state index is 7.59. The van der Waals surface area contributed by atoms with Crippen LogP contribution in [0.4, 0.5) is 5.82 Å². The Bertz CT molecular complexity index is 431. The molecule has 2 rings (SSSR count). The first-order valence-corrected chi connectivity index (χ1v) is 6.27. The Balaban J connectivity index is 2.09. The SMILES string of the molecule is CN1CCC(CN(C)c2ncccc2C(=N)N)C1. The lowest BCUT2D eigenvalue weighted by Crippen LogP contribution is -2.30. The zero-order valence-electron chi connectivity index (χ0n) is 11.1. The van der Waals surface area contributed by atoms with Crippen molar-refractivity contribution in [2.24, 2.45) is 11.7 Å². The fourth-order valence-electron chi connectivity index (χ4n) is 2.56. The molecular formula is C13H21N5. The fourth-order valence-corrected chi connectivity index (χ4v) is 2.56. The van der Waals surface area contributed by atoms with Crippen LogP contribution in [0.25, 0.3) is 0 Å². The van der Waals surface area contributed by atoms with Gasteiger partial charge in [0.25, 0.3) is 0 Å². The van der Waals surface area contributed by atoms with Gasteiger partial charge in [0, 0.05) is 26.3 Å². The summed E-state index contributed by atoms with van der Waals surface area (Å²) < 4.78 is 0. The smallest absolute Gasteiger partial charge is 0.139 e. The van der Waals surface area contributed by atoms with Gasteiger partial charge in [-0.05, 0) is 38.1 Å². The van der Waals surface area contributed by atoms with Gasteiger partial charge in [0.05, 0.1) is 5.56 Å². The van der Waals surface area contributed by atoms with Crippen molar-refractivity contribution in [3.8, 4) is 0 Å². The maximum Gasteiger partial charge on any atom is 0.139 e. The minimum absolute atomic E-state index is 0.0773. The molecule has 1 saturated heterocycles. The minimum Gasteiger partial charge on any atom is -0.384 e. The van der Waals surface area contributed by atoms with Crippen molar-refractivity contribution in [3.63, 3.8) is 0 Å². The third-order valence-electron chi connectivity index (χ3n) is 3.46. The van der Waals surface area contributed by atoms with Crippen LogP contribution in [-0.2, 0) is 0 Å². The number of likely N-dealkylation sites (tertiary alicyclic amines) is 1. The van der Waals surface area contributed by atoms with Crippen LogP contribution in [0.3, 0.4) is 0 Å². The quantitative estimate of drug-likeness (QED) is 0.608. The van der Waals surface area contributed by atoms with E-state index in [-0.39, 0.29) is 5.84 Å². The zero-order chi connectivity index (χ0) is 13.1. The van der Waals surface area contributed by atoms with Gasteiger partial charge in [0.1, 0.15) is 11.7 Å². The highest BCUT2D eigenvalue weighted by molar-refractivity contribution is 5.99. The summed E-state index contributed by atoms with van der Waals surface area (Å²) in [6.45, 7) is 3.26. The molecule has 0 amide bonds. The lowest BCUT2D eigenvalue weighted by atomic mass is 10.1. The average Bonchev–Trinajstić information content (AvgIpc) is 2.74. The number of hydrogen-bond acceptors (Lipinski definition) is 4. The molecule has 0 spiro atoms. The van der Waals surface area contributed by atoms with Gasteiger partial charge in [-0.2, -0.15) is 0 Å². The molecule has 0 aliphatic carbocycles. The second-order valence-corrected chi connectivity index (χ2v) is 5.09. The van der Waals surface area contributed by atoms with Gasteiger partial charge in [-0.1, -0.05) is 0 Å². The number of nitrogens with one attached hydrogen (secondary N) is 1. The Labute approximate surface area is 108 Å². The number of amidine groups is 1. The second-order valence-electron chi connectivity index (χ2n) is 5.09. The average molecular weight is 247 g/mol. The monoisotopic (exact) mass is 247 g/mol. The predicted molar refractivity (Wildman–Crippen MR) is 74.1 cm³/mol. The van der Waals surface area contributed by atoms with E-state index in [0.717, 1.165) is 18.9 Å². The first-order chi connectivity index (χ1) is 8.58. The van der Waals surface area contributed by atoms with E-state index in [2.05, 4.69) is 21.8 Å². The summed E-state index contributed by atoms with van der Waals surface area (Å²) in [7, 11) is 4.18. The molecule has 0 aromatic carbocycles. The summed E-state index contributed by atoms with van der Waals surface area (Å²) in [6.07, 6.45) is 2.97. The summed E-state index contributed by atoms with van der Waals surface area (Å²) in [6, 6.07) is 3.67. The molecule has 5 nitrogen and oxygen atoms in total. The number of nitrogen functional groups attached to an aromatic ring is 1. The number of rotatable bonds is 4. The molecule has 1 aliphatic heterocycles. The number of nitrogens with two attached hydrogens (primary N) is 1. The molecule has 1 aromatic heterocycles. The Morgan fingerprint density at radius 2 is 2.44 bits per heavy atom. The zero-order valence-corrected chi connectivity index (χ0v) is 11.1. The molecule has 1 fully saturated rings. The van der Waals surface area contributed by atoms with E-state index >= 15 is 0 Å². The van der Waals surface area contributed by atoms with Crippen molar-refractivity contribution < 1.29 is 0 Å². The highest BCUT2D eigenvalue weighted by Gasteiger charge is 2.22. The van der Waals surface area contributed by atoms with E-state index in [9.17, 15) is 0 Å².